The minimum Gasteiger partial charge on any atom is -0.550 e. The summed E-state index contributed by atoms with van der Waals surface area (Å²) in [6.45, 7) is 1.75. The molecule has 1 radical (unpaired) electrons. The molecule has 0 aliphatic rings. The van der Waals surface area contributed by atoms with Gasteiger partial charge >= 0.3 is 17.1 Å². The van der Waals surface area contributed by atoms with Crippen LogP contribution in [0.4, 0.5) is 0 Å². The monoisotopic (exact) mass is 598 g/mol. The number of rotatable bonds is 22. The molecule has 1 aromatic rings. The molecular formula is C26H41CuN5O7. The number of carboxylic acids is 2. The van der Waals surface area contributed by atoms with Crippen LogP contribution in [-0.4, -0.2) is 58.3 Å². The summed E-state index contributed by atoms with van der Waals surface area (Å²) < 4.78 is 0. The first-order valence-corrected chi connectivity index (χ1v) is 13.5. The molecule has 13 heteroatoms. The van der Waals surface area contributed by atoms with Crippen LogP contribution < -0.4 is 26.2 Å². The van der Waals surface area contributed by atoms with Crippen LogP contribution in [0.25, 0.3) is 0 Å². The quantitative estimate of drug-likeness (QED) is 0.102. The smallest absolute Gasteiger partial charge is 0.550 e. The van der Waals surface area contributed by atoms with Crippen molar-refractivity contribution >= 4 is 29.7 Å². The van der Waals surface area contributed by atoms with E-state index in [-0.39, 0.29) is 35.8 Å². The van der Waals surface area contributed by atoms with Crippen LogP contribution in [0.15, 0.2) is 12.5 Å². The number of hydrogen-bond donors (Lipinski definition) is 4. The van der Waals surface area contributed by atoms with E-state index in [1.54, 1.807) is 0 Å². The topological polar surface area (TPSA) is 196 Å². The zero-order chi connectivity index (χ0) is 28.2. The fourth-order valence-electron chi connectivity index (χ4n) is 3.92. The molecule has 0 unspecified atom stereocenters. The normalized spacial score (nSPS) is 12.0. The van der Waals surface area contributed by atoms with Crippen LogP contribution in [-0.2, 0) is 47.5 Å². The van der Waals surface area contributed by atoms with E-state index in [4.69, 9.17) is 0 Å². The van der Waals surface area contributed by atoms with Crippen LogP contribution in [0.2, 0.25) is 0 Å². The maximum Gasteiger partial charge on any atom is 2.00 e. The first-order valence-electron chi connectivity index (χ1n) is 13.5. The molecule has 1 heterocycles. The predicted octanol–water partition coefficient (Wildman–Crippen LogP) is -0.373. The van der Waals surface area contributed by atoms with Crippen LogP contribution in [0.1, 0.15) is 96.1 Å². The number of hydrogen-bond acceptors (Lipinski definition) is 8. The molecular weight excluding hydrogens is 558 g/mol. The summed E-state index contributed by atoms with van der Waals surface area (Å²) in [5, 5.41) is 29.3. The third kappa shape index (κ3) is 18.1. The van der Waals surface area contributed by atoms with E-state index >= 15 is 0 Å². The second-order valence-corrected chi connectivity index (χ2v) is 9.42. The van der Waals surface area contributed by atoms with E-state index in [0.717, 1.165) is 19.3 Å². The molecule has 0 fully saturated rings. The molecule has 4 N–H and O–H groups in total. The Hall–Kier alpha value is -2.92. The van der Waals surface area contributed by atoms with Crippen molar-refractivity contribution in [3.8, 4) is 0 Å². The first-order chi connectivity index (χ1) is 18.2. The summed E-state index contributed by atoms with van der Waals surface area (Å²) in [6.07, 6.45) is 14.6. The molecule has 1 aromatic heterocycles. The summed E-state index contributed by atoms with van der Waals surface area (Å²) in [5.74, 6) is -5.37. The molecule has 0 saturated heterocycles. The number of carbonyl (C=O) groups is 5. The number of nitrogens with one attached hydrogen (secondary N) is 4. The molecule has 0 aliphatic carbocycles. The number of aromatic nitrogens is 2. The van der Waals surface area contributed by atoms with Gasteiger partial charge in [-0.1, -0.05) is 71.1 Å². The first kappa shape index (κ1) is 36.1. The molecule has 0 aromatic carbocycles. The van der Waals surface area contributed by atoms with Gasteiger partial charge in [0, 0.05) is 37.1 Å². The van der Waals surface area contributed by atoms with Gasteiger partial charge in [-0.05, 0) is 6.42 Å². The maximum absolute atomic E-state index is 12.5. The van der Waals surface area contributed by atoms with Crippen molar-refractivity contribution in [3.05, 3.63) is 18.2 Å². The zero-order valence-corrected chi connectivity index (χ0v) is 23.5. The van der Waals surface area contributed by atoms with Gasteiger partial charge in [0.25, 0.3) is 0 Å². The van der Waals surface area contributed by atoms with Gasteiger partial charge in [-0.25, -0.2) is 4.98 Å². The van der Waals surface area contributed by atoms with Gasteiger partial charge in [-0.2, -0.15) is 0 Å². The standard InChI is InChI=1S/C26H43N5O7.Cu/c1-2-3-4-5-6-7-8-9-10-11-12-13-22(32)28-17-23(33)30-20(15-24(34)35)25(36)31-21(26(37)38)14-19-16-27-18-29-19;/h16,18,20-21H,2-15,17H2,1H3,(H,27,29)(H,28,32)(H,30,33)(H,31,36)(H,34,35)(H,37,38);/q;+2/p-2/t20-,21-;/m0./s1. The van der Waals surface area contributed by atoms with Crippen molar-refractivity contribution in [1.29, 1.82) is 0 Å². The van der Waals surface area contributed by atoms with Crippen molar-refractivity contribution in [2.24, 2.45) is 0 Å². The van der Waals surface area contributed by atoms with E-state index in [1.165, 1.54) is 57.5 Å². The Labute approximate surface area is 240 Å². The number of amides is 3. The molecule has 0 spiro atoms. The van der Waals surface area contributed by atoms with Crippen LogP contribution >= 0.6 is 0 Å². The van der Waals surface area contributed by atoms with Crippen molar-refractivity contribution in [1.82, 2.24) is 25.9 Å². The van der Waals surface area contributed by atoms with E-state index in [9.17, 15) is 34.2 Å². The van der Waals surface area contributed by atoms with Gasteiger partial charge in [-0.15, -0.1) is 0 Å². The van der Waals surface area contributed by atoms with E-state index in [1.807, 2.05) is 0 Å². The predicted molar refractivity (Wildman–Crippen MR) is 135 cm³/mol. The molecule has 3 amide bonds. The van der Waals surface area contributed by atoms with Crippen molar-refractivity contribution in [2.75, 3.05) is 6.54 Å². The Morgan fingerprint density at radius 1 is 0.846 bits per heavy atom. The Bertz CT molecular complexity index is 867. The number of aromatic amines is 1. The third-order valence-electron chi connectivity index (χ3n) is 6.06. The Morgan fingerprint density at radius 2 is 1.44 bits per heavy atom. The molecule has 2 atom stereocenters. The largest absolute Gasteiger partial charge is 2.00 e. The van der Waals surface area contributed by atoms with Gasteiger partial charge in [0.1, 0.15) is 6.04 Å². The minimum atomic E-state index is -1.62. The second kappa shape index (κ2) is 22.0. The number of nitrogens with zero attached hydrogens (tertiary/aromatic N) is 1. The van der Waals surface area contributed by atoms with E-state index in [0.29, 0.717) is 12.1 Å². The van der Waals surface area contributed by atoms with Gasteiger partial charge in [0.2, 0.25) is 17.7 Å². The Kier molecular flexibility index (Phi) is 20.3. The molecule has 223 valence electrons. The average molecular weight is 599 g/mol. The van der Waals surface area contributed by atoms with Crippen molar-refractivity contribution in [3.63, 3.8) is 0 Å². The number of aliphatic carboxylic acids is 2. The third-order valence-corrected chi connectivity index (χ3v) is 6.06. The fraction of sp³-hybridized carbons (Fsp3) is 0.692. The van der Waals surface area contributed by atoms with Crippen LogP contribution in [0, 0.1) is 0 Å². The number of imidazole rings is 1. The molecule has 39 heavy (non-hydrogen) atoms. The van der Waals surface area contributed by atoms with E-state index < -0.39 is 48.8 Å². The summed E-state index contributed by atoms with van der Waals surface area (Å²) >= 11 is 0. The number of carbonyl (C=O) groups excluding carboxylic acids is 5. The van der Waals surface area contributed by atoms with Gasteiger partial charge in [0.15, 0.2) is 0 Å². The van der Waals surface area contributed by atoms with Crippen LogP contribution in [0.3, 0.4) is 0 Å². The van der Waals surface area contributed by atoms with Gasteiger partial charge in [0.05, 0.1) is 24.9 Å². The molecule has 0 bridgehead atoms. The summed E-state index contributed by atoms with van der Waals surface area (Å²) in [4.78, 5) is 65.6. The second-order valence-electron chi connectivity index (χ2n) is 9.42. The van der Waals surface area contributed by atoms with Gasteiger partial charge in [-0.3, -0.25) is 14.4 Å². The maximum atomic E-state index is 12.5. The molecule has 12 nitrogen and oxygen atoms in total. The summed E-state index contributed by atoms with van der Waals surface area (Å²) in [6, 6.07) is -3.09. The van der Waals surface area contributed by atoms with Crippen molar-refractivity contribution < 1.29 is 51.3 Å². The summed E-state index contributed by atoms with van der Waals surface area (Å²) in [5.41, 5.74) is 0.403. The SMILES string of the molecule is CCCCCCCCCCCCCC(=O)NCC(=O)N[C@@H](CC(=O)[O-])C(=O)N[C@@H](Cc1cnc[nH]1)C(=O)[O-].[Cu+2]. The van der Waals surface area contributed by atoms with Crippen LogP contribution in [0.5, 0.6) is 0 Å². The van der Waals surface area contributed by atoms with Gasteiger partial charge < -0.3 is 40.7 Å². The number of unbranched alkanes of at least 4 members (excludes halogenated alkanes) is 10. The summed E-state index contributed by atoms with van der Waals surface area (Å²) in [7, 11) is 0. The van der Waals surface area contributed by atoms with Crippen molar-refractivity contribution in [2.45, 2.75) is 109 Å². The minimum absolute atomic E-state index is 0. The zero-order valence-electron chi connectivity index (χ0n) is 22.5. The molecule has 0 aliphatic heterocycles. The Balaban J connectivity index is 0.0000144. The number of carboxylic acid groups (broad SMARTS) is 2. The molecule has 1 rings (SSSR count). The molecule has 0 saturated carbocycles. The Morgan fingerprint density at radius 3 is 1.95 bits per heavy atom. The fourth-order valence-corrected chi connectivity index (χ4v) is 3.92. The van der Waals surface area contributed by atoms with E-state index in [2.05, 4.69) is 32.8 Å². The average Bonchev–Trinajstić information content (AvgIpc) is 3.38. The number of H-pyrrole nitrogens is 1.